The zero-order valence-corrected chi connectivity index (χ0v) is 27.5. The van der Waals surface area contributed by atoms with Gasteiger partial charge in [0.05, 0.1) is 5.75 Å². The van der Waals surface area contributed by atoms with Crippen molar-refractivity contribution in [2.75, 3.05) is 21.7 Å². The van der Waals surface area contributed by atoms with Crippen LogP contribution in [-0.2, 0) is 21.0 Å². The van der Waals surface area contributed by atoms with Gasteiger partial charge in [0.25, 0.3) is 11.8 Å². The van der Waals surface area contributed by atoms with E-state index in [4.69, 9.17) is 4.74 Å². The summed E-state index contributed by atoms with van der Waals surface area (Å²) in [7, 11) is 0. The van der Waals surface area contributed by atoms with Crippen LogP contribution in [0.2, 0.25) is 0 Å². The minimum Gasteiger partial charge on any atom is -0.489 e. The fraction of sp³-hybridized carbons (Fsp3) is 0.0769. The highest BCUT2D eigenvalue weighted by molar-refractivity contribution is 8.00. The number of carbonyl (C=O) groups is 4. The van der Waals surface area contributed by atoms with Crippen LogP contribution >= 0.6 is 11.8 Å². The predicted molar refractivity (Wildman–Crippen MR) is 194 cm³/mol. The maximum absolute atomic E-state index is 13.5. The fourth-order valence-corrected chi connectivity index (χ4v) is 5.23. The van der Waals surface area contributed by atoms with Crippen LogP contribution in [0.25, 0.3) is 6.08 Å². The summed E-state index contributed by atoms with van der Waals surface area (Å²) in [6.07, 6.45) is 1.60. The molecule has 49 heavy (non-hydrogen) atoms. The van der Waals surface area contributed by atoms with Crippen molar-refractivity contribution in [3.05, 3.63) is 156 Å². The maximum Gasteiger partial charge on any atom is 0.272 e. The average Bonchev–Trinajstić information content (AvgIpc) is 3.12. The Kier molecular flexibility index (Phi) is 12.0. The third-order valence-corrected chi connectivity index (χ3v) is 7.95. The summed E-state index contributed by atoms with van der Waals surface area (Å²) in [5.41, 5.74) is 4.00. The fourth-order valence-electron chi connectivity index (χ4n) is 4.53. The number of thioether (sulfide) groups is 1. The van der Waals surface area contributed by atoms with E-state index in [1.807, 2.05) is 60.7 Å². The van der Waals surface area contributed by atoms with Gasteiger partial charge in [0, 0.05) is 34.4 Å². The van der Waals surface area contributed by atoms with Crippen molar-refractivity contribution in [2.24, 2.45) is 0 Å². The molecule has 246 valence electrons. The summed E-state index contributed by atoms with van der Waals surface area (Å²) in [5, 5.41) is 11.1. The van der Waals surface area contributed by atoms with E-state index in [-0.39, 0.29) is 23.3 Å². The first-order valence-corrected chi connectivity index (χ1v) is 16.4. The number of carbonyl (C=O) groups excluding carboxylic acids is 4. The molecular weight excluding hydrogens is 637 g/mol. The van der Waals surface area contributed by atoms with Crippen molar-refractivity contribution in [3.63, 3.8) is 0 Å². The van der Waals surface area contributed by atoms with Gasteiger partial charge in [-0.15, -0.1) is 11.8 Å². The van der Waals surface area contributed by atoms with Crippen LogP contribution < -0.4 is 26.0 Å². The average molecular weight is 671 g/mol. The van der Waals surface area contributed by atoms with E-state index in [0.717, 1.165) is 10.5 Å². The Morgan fingerprint density at radius 2 is 1.22 bits per heavy atom. The Labute approximate surface area is 288 Å². The standard InChI is InChI=1S/C39H34N4O5S/c1-27(44)40-31-14-16-32(17-15-31)41-37(45)26-49-35-22-18-33(19-23-35)42-39(47)36(43-38(46)30-10-6-3-7-11-30)24-28-12-20-34(21-13-28)48-25-29-8-4-2-5-9-29/h2-24H,25-26H2,1H3,(H,40,44)(H,41,45)(H,42,47)(H,43,46)/b36-24-. The number of benzene rings is 5. The van der Waals surface area contributed by atoms with Crippen molar-refractivity contribution in [3.8, 4) is 5.75 Å². The molecule has 0 spiro atoms. The summed E-state index contributed by atoms with van der Waals surface area (Å²) in [6, 6.07) is 39.7. The highest BCUT2D eigenvalue weighted by Gasteiger charge is 2.15. The van der Waals surface area contributed by atoms with Gasteiger partial charge in [-0.25, -0.2) is 0 Å². The van der Waals surface area contributed by atoms with Gasteiger partial charge in [0.2, 0.25) is 11.8 Å². The van der Waals surface area contributed by atoms with E-state index in [1.165, 1.54) is 18.7 Å². The highest BCUT2D eigenvalue weighted by Crippen LogP contribution is 2.22. The third kappa shape index (κ3) is 11.0. The normalized spacial score (nSPS) is 10.8. The van der Waals surface area contributed by atoms with Crippen LogP contribution in [0, 0.1) is 0 Å². The number of amides is 4. The van der Waals surface area contributed by atoms with E-state index >= 15 is 0 Å². The smallest absolute Gasteiger partial charge is 0.272 e. The van der Waals surface area contributed by atoms with Crippen LogP contribution in [0.4, 0.5) is 17.1 Å². The first-order chi connectivity index (χ1) is 23.8. The number of nitrogens with one attached hydrogen (secondary N) is 4. The minimum absolute atomic E-state index is 0.0621. The van der Waals surface area contributed by atoms with Gasteiger partial charge in [-0.1, -0.05) is 60.7 Å². The molecule has 10 heteroatoms. The second-order valence-corrected chi connectivity index (χ2v) is 11.8. The largest absolute Gasteiger partial charge is 0.489 e. The number of rotatable bonds is 13. The summed E-state index contributed by atoms with van der Waals surface area (Å²) >= 11 is 1.34. The Bertz CT molecular complexity index is 1910. The van der Waals surface area contributed by atoms with Crippen LogP contribution in [0.3, 0.4) is 0 Å². The molecule has 0 saturated carbocycles. The maximum atomic E-state index is 13.5. The molecular formula is C39H34N4O5S. The quantitative estimate of drug-likeness (QED) is 0.0766. The van der Waals surface area contributed by atoms with E-state index in [9.17, 15) is 19.2 Å². The molecule has 0 fully saturated rings. The zero-order chi connectivity index (χ0) is 34.4. The van der Waals surface area contributed by atoms with E-state index in [1.54, 1.807) is 78.9 Å². The molecule has 0 aliphatic heterocycles. The molecule has 4 N–H and O–H groups in total. The predicted octanol–water partition coefficient (Wildman–Crippen LogP) is 7.36. The molecule has 0 atom stereocenters. The van der Waals surface area contributed by atoms with E-state index < -0.39 is 11.8 Å². The molecule has 5 rings (SSSR count). The van der Waals surface area contributed by atoms with Gasteiger partial charge < -0.3 is 26.0 Å². The molecule has 0 aliphatic carbocycles. The van der Waals surface area contributed by atoms with Gasteiger partial charge >= 0.3 is 0 Å². The molecule has 9 nitrogen and oxygen atoms in total. The van der Waals surface area contributed by atoms with E-state index in [2.05, 4.69) is 21.3 Å². The summed E-state index contributed by atoms with van der Waals surface area (Å²) in [5.74, 6) is -0.426. The second-order valence-electron chi connectivity index (χ2n) is 10.8. The molecule has 4 amide bonds. The second kappa shape index (κ2) is 17.1. The van der Waals surface area contributed by atoms with Gasteiger partial charge in [0.1, 0.15) is 18.1 Å². The lowest BCUT2D eigenvalue weighted by Gasteiger charge is -2.12. The van der Waals surface area contributed by atoms with Crippen molar-refractivity contribution >= 4 is 58.5 Å². The van der Waals surface area contributed by atoms with Gasteiger partial charge in [0.15, 0.2) is 0 Å². The summed E-state index contributed by atoms with van der Waals surface area (Å²) in [6.45, 7) is 1.86. The molecule has 0 bridgehead atoms. The lowest BCUT2D eigenvalue weighted by atomic mass is 10.1. The molecule has 5 aromatic carbocycles. The van der Waals surface area contributed by atoms with Gasteiger partial charge in [-0.05, 0) is 90.0 Å². The Morgan fingerprint density at radius 1 is 0.653 bits per heavy atom. The molecule has 0 unspecified atom stereocenters. The van der Waals surface area contributed by atoms with Crippen LogP contribution in [0.1, 0.15) is 28.4 Å². The summed E-state index contributed by atoms with van der Waals surface area (Å²) < 4.78 is 5.88. The Hall–Kier alpha value is -6.13. The van der Waals surface area contributed by atoms with Crippen molar-refractivity contribution in [2.45, 2.75) is 18.4 Å². The number of hydrogen-bond acceptors (Lipinski definition) is 6. The van der Waals surface area contributed by atoms with Crippen LogP contribution in [-0.4, -0.2) is 29.4 Å². The van der Waals surface area contributed by atoms with Gasteiger partial charge in [-0.2, -0.15) is 0 Å². The van der Waals surface area contributed by atoms with Crippen LogP contribution in [0.5, 0.6) is 5.75 Å². The zero-order valence-electron chi connectivity index (χ0n) is 26.6. The molecule has 5 aromatic rings. The van der Waals surface area contributed by atoms with Crippen LogP contribution in [0.15, 0.2) is 144 Å². The number of ether oxygens (including phenoxy) is 1. The molecule has 0 aromatic heterocycles. The SMILES string of the molecule is CC(=O)Nc1ccc(NC(=O)CSc2ccc(NC(=O)/C(=C/c3ccc(OCc4ccccc4)cc3)NC(=O)c3ccccc3)cc2)cc1. The van der Waals surface area contributed by atoms with Crippen molar-refractivity contribution < 1.29 is 23.9 Å². The molecule has 0 saturated heterocycles. The Morgan fingerprint density at radius 3 is 1.86 bits per heavy atom. The van der Waals surface area contributed by atoms with Crippen molar-refractivity contribution in [1.82, 2.24) is 5.32 Å². The Balaban J connectivity index is 1.20. The third-order valence-electron chi connectivity index (χ3n) is 6.94. The molecule has 0 aliphatic rings. The monoisotopic (exact) mass is 670 g/mol. The first kappa shape index (κ1) is 34.2. The number of anilines is 3. The lowest BCUT2D eigenvalue weighted by molar-refractivity contribution is -0.114. The molecule has 0 radical (unpaired) electrons. The summed E-state index contributed by atoms with van der Waals surface area (Å²) in [4.78, 5) is 51.0. The van der Waals surface area contributed by atoms with Gasteiger partial charge in [-0.3, -0.25) is 19.2 Å². The minimum atomic E-state index is -0.502. The number of hydrogen-bond donors (Lipinski definition) is 4. The molecule has 0 heterocycles. The first-order valence-electron chi connectivity index (χ1n) is 15.4. The lowest BCUT2D eigenvalue weighted by Crippen LogP contribution is -2.30. The van der Waals surface area contributed by atoms with E-state index in [0.29, 0.717) is 40.5 Å². The topological polar surface area (TPSA) is 126 Å². The highest BCUT2D eigenvalue weighted by atomic mass is 32.2. The van der Waals surface area contributed by atoms with Crippen molar-refractivity contribution in [1.29, 1.82) is 0 Å².